The highest BCUT2D eigenvalue weighted by molar-refractivity contribution is 5.45. The molecule has 0 fully saturated rings. The fourth-order valence-corrected chi connectivity index (χ4v) is 4.51. The zero-order chi connectivity index (χ0) is 29.4. The number of hydrogen-bond acceptors (Lipinski definition) is 7. The van der Waals surface area contributed by atoms with E-state index in [0.717, 1.165) is 40.7 Å². The SMILES string of the molecule is COc1ccc(OC[C@H](O)CN(CC(C)C)C[C@@H](O)COc2ccc(OC)cc2C(C)(C)C)c(C(C)(C)C)c1. The summed E-state index contributed by atoms with van der Waals surface area (Å²) in [6.07, 6.45) is -1.44. The number of hydrogen-bond donors (Lipinski definition) is 2. The monoisotopic (exact) mass is 545 g/mol. The standard InChI is InChI=1S/C32H51NO6/c1-22(2)17-33(18-23(34)20-38-29-13-11-25(36-9)15-27(29)31(3,4)5)19-24(35)21-39-30-14-12-26(37-10)16-28(30)32(6,7)8/h11-16,22-24,34-35H,17-21H2,1-10H3/t23-,24-/m1/s1. The molecule has 2 rings (SSSR count). The molecule has 7 nitrogen and oxygen atoms in total. The van der Waals surface area contributed by atoms with Gasteiger partial charge in [-0.3, -0.25) is 4.90 Å². The Labute approximate surface area is 236 Å². The molecule has 0 aromatic heterocycles. The van der Waals surface area contributed by atoms with Gasteiger partial charge in [-0.2, -0.15) is 0 Å². The molecule has 0 unspecified atom stereocenters. The van der Waals surface area contributed by atoms with Crippen LogP contribution in [0.4, 0.5) is 0 Å². The fraction of sp³-hybridized carbons (Fsp3) is 0.625. The smallest absolute Gasteiger partial charge is 0.123 e. The van der Waals surface area contributed by atoms with Crippen molar-refractivity contribution in [1.29, 1.82) is 0 Å². The summed E-state index contributed by atoms with van der Waals surface area (Å²) in [6.45, 7) is 18.8. The molecule has 2 N–H and O–H groups in total. The first-order valence-electron chi connectivity index (χ1n) is 13.8. The van der Waals surface area contributed by atoms with Crippen LogP contribution in [0, 0.1) is 5.92 Å². The molecule has 2 aromatic rings. The Kier molecular flexibility index (Phi) is 12.0. The van der Waals surface area contributed by atoms with E-state index in [4.69, 9.17) is 18.9 Å². The molecule has 0 aliphatic rings. The minimum atomic E-state index is -0.721. The molecule has 0 bridgehead atoms. The molecule has 0 saturated carbocycles. The van der Waals surface area contributed by atoms with E-state index in [1.807, 2.05) is 36.4 Å². The molecule has 2 aromatic carbocycles. The zero-order valence-electron chi connectivity index (χ0n) is 25.7. The summed E-state index contributed by atoms with van der Waals surface area (Å²) >= 11 is 0. The number of rotatable bonds is 14. The fourth-order valence-electron chi connectivity index (χ4n) is 4.51. The summed E-state index contributed by atoms with van der Waals surface area (Å²) in [7, 11) is 3.30. The zero-order valence-corrected chi connectivity index (χ0v) is 25.7. The van der Waals surface area contributed by atoms with Gasteiger partial charge in [0.2, 0.25) is 0 Å². The van der Waals surface area contributed by atoms with Crippen molar-refractivity contribution in [2.24, 2.45) is 5.92 Å². The normalized spacial score (nSPS) is 13.9. The van der Waals surface area contributed by atoms with E-state index < -0.39 is 12.2 Å². The number of aliphatic hydroxyl groups is 2. The summed E-state index contributed by atoms with van der Waals surface area (Å²) < 4.78 is 22.9. The third kappa shape index (κ3) is 10.5. The minimum Gasteiger partial charge on any atom is -0.497 e. The Morgan fingerprint density at radius 3 is 1.36 bits per heavy atom. The van der Waals surface area contributed by atoms with Gasteiger partial charge < -0.3 is 29.2 Å². The van der Waals surface area contributed by atoms with Crippen LogP contribution in [0.5, 0.6) is 23.0 Å². The Hall–Kier alpha value is -2.48. The predicted octanol–water partition coefficient (Wildman–Crippen LogP) is 5.44. The minimum absolute atomic E-state index is 0.140. The molecular weight excluding hydrogens is 494 g/mol. The largest absolute Gasteiger partial charge is 0.497 e. The summed E-state index contributed by atoms with van der Waals surface area (Å²) in [5, 5.41) is 21.7. The van der Waals surface area contributed by atoms with Crippen molar-refractivity contribution in [2.75, 3.05) is 47.1 Å². The number of benzene rings is 2. The van der Waals surface area contributed by atoms with Crippen LogP contribution in [-0.4, -0.2) is 74.4 Å². The van der Waals surface area contributed by atoms with E-state index >= 15 is 0 Å². The highest BCUT2D eigenvalue weighted by atomic mass is 16.5. The second kappa shape index (κ2) is 14.2. The average Bonchev–Trinajstić information content (AvgIpc) is 2.84. The van der Waals surface area contributed by atoms with Gasteiger partial charge in [-0.25, -0.2) is 0 Å². The van der Waals surface area contributed by atoms with Crippen molar-refractivity contribution in [3.8, 4) is 23.0 Å². The molecule has 0 saturated heterocycles. The lowest BCUT2D eigenvalue weighted by molar-refractivity contribution is 0.0268. The quantitative estimate of drug-likeness (QED) is 0.327. The molecule has 0 aliphatic heterocycles. The maximum absolute atomic E-state index is 10.9. The summed E-state index contributed by atoms with van der Waals surface area (Å²) in [5.74, 6) is 3.39. The lowest BCUT2D eigenvalue weighted by atomic mass is 9.86. The van der Waals surface area contributed by atoms with Gasteiger partial charge in [-0.15, -0.1) is 0 Å². The van der Waals surface area contributed by atoms with Crippen LogP contribution in [0.2, 0.25) is 0 Å². The molecule has 7 heteroatoms. The summed E-state index contributed by atoms with van der Waals surface area (Å²) in [5.41, 5.74) is 1.77. The third-order valence-electron chi connectivity index (χ3n) is 6.41. The maximum Gasteiger partial charge on any atom is 0.123 e. The highest BCUT2D eigenvalue weighted by Gasteiger charge is 2.24. The van der Waals surface area contributed by atoms with Crippen LogP contribution < -0.4 is 18.9 Å². The molecule has 0 heterocycles. The lowest BCUT2D eigenvalue weighted by Crippen LogP contribution is -2.43. The van der Waals surface area contributed by atoms with Gasteiger partial charge in [0, 0.05) is 30.8 Å². The molecule has 0 aliphatic carbocycles. The van der Waals surface area contributed by atoms with Crippen molar-refractivity contribution in [3.63, 3.8) is 0 Å². The van der Waals surface area contributed by atoms with Crippen LogP contribution in [0.25, 0.3) is 0 Å². The second-order valence-electron chi connectivity index (χ2n) is 12.8. The second-order valence-corrected chi connectivity index (χ2v) is 12.8. The Bertz CT molecular complexity index is 947. The van der Waals surface area contributed by atoms with E-state index in [9.17, 15) is 10.2 Å². The van der Waals surface area contributed by atoms with Crippen LogP contribution in [0.15, 0.2) is 36.4 Å². The van der Waals surface area contributed by atoms with E-state index in [1.165, 1.54) is 0 Å². The average molecular weight is 546 g/mol. The van der Waals surface area contributed by atoms with Gasteiger partial charge >= 0.3 is 0 Å². The lowest BCUT2D eigenvalue weighted by Gasteiger charge is -2.30. The van der Waals surface area contributed by atoms with Gasteiger partial charge in [-0.05, 0) is 53.1 Å². The molecule has 0 radical (unpaired) electrons. The Morgan fingerprint density at radius 1 is 0.667 bits per heavy atom. The van der Waals surface area contributed by atoms with E-state index in [2.05, 4.69) is 60.3 Å². The van der Waals surface area contributed by atoms with Crippen LogP contribution in [-0.2, 0) is 10.8 Å². The Balaban J connectivity index is 2.02. The van der Waals surface area contributed by atoms with Gasteiger partial charge in [0.25, 0.3) is 0 Å². The summed E-state index contributed by atoms with van der Waals surface area (Å²) in [4.78, 5) is 2.07. The van der Waals surface area contributed by atoms with Crippen LogP contribution in [0.3, 0.4) is 0 Å². The first kappa shape index (κ1) is 32.7. The molecular formula is C32H51NO6. The first-order chi connectivity index (χ1) is 18.1. The maximum atomic E-state index is 10.9. The number of nitrogens with zero attached hydrogens (tertiary/aromatic N) is 1. The molecule has 0 amide bonds. The number of ether oxygens (including phenoxy) is 4. The van der Waals surface area contributed by atoms with Crippen molar-refractivity contribution >= 4 is 0 Å². The molecule has 39 heavy (non-hydrogen) atoms. The van der Waals surface area contributed by atoms with Crippen molar-refractivity contribution < 1.29 is 29.2 Å². The Morgan fingerprint density at radius 2 is 1.05 bits per heavy atom. The first-order valence-corrected chi connectivity index (χ1v) is 13.8. The molecule has 0 spiro atoms. The van der Waals surface area contributed by atoms with Crippen LogP contribution in [0.1, 0.15) is 66.5 Å². The third-order valence-corrected chi connectivity index (χ3v) is 6.41. The van der Waals surface area contributed by atoms with E-state index in [1.54, 1.807) is 14.2 Å². The van der Waals surface area contributed by atoms with Crippen molar-refractivity contribution in [2.45, 2.75) is 78.4 Å². The number of methoxy groups -OCH3 is 2. The van der Waals surface area contributed by atoms with Gasteiger partial charge in [0.15, 0.2) is 0 Å². The van der Waals surface area contributed by atoms with Crippen molar-refractivity contribution in [3.05, 3.63) is 47.5 Å². The van der Waals surface area contributed by atoms with Crippen LogP contribution >= 0.6 is 0 Å². The van der Waals surface area contributed by atoms with Gasteiger partial charge in [0.1, 0.15) is 48.4 Å². The number of aliphatic hydroxyl groups excluding tert-OH is 2. The van der Waals surface area contributed by atoms with E-state index in [0.29, 0.717) is 19.0 Å². The van der Waals surface area contributed by atoms with Gasteiger partial charge in [0.05, 0.1) is 14.2 Å². The topological polar surface area (TPSA) is 80.6 Å². The predicted molar refractivity (Wildman–Crippen MR) is 158 cm³/mol. The van der Waals surface area contributed by atoms with Crippen molar-refractivity contribution in [1.82, 2.24) is 4.90 Å². The highest BCUT2D eigenvalue weighted by Crippen LogP contribution is 2.35. The summed E-state index contributed by atoms with van der Waals surface area (Å²) in [6, 6.07) is 11.5. The van der Waals surface area contributed by atoms with E-state index in [-0.39, 0.29) is 24.0 Å². The van der Waals surface area contributed by atoms with Gasteiger partial charge in [-0.1, -0.05) is 55.4 Å². The molecule has 220 valence electrons. The molecule has 2 atom stereocenters.